The highest BCUT2D eigenvalue weighted by molar-refractivity contribution is 3.60. The van der Waals surface area contributed by atoms with Gasteiger partial charge in [-0.25, -0.2) is 0 Å². The molecule has 0 bridgehead atoms. The molecule has 0 aliphatic carbocycles. The molecule has 8 heteroatoms. The molecule has 4 N–H and O–H groups in total. The lowest BCUT2D eigenvalue weighted by Gasteiger charge is -1.88. The van der Waals surface area contributed by atoms with Crippen LogP contribution in [0.1, 0.15) is 0 Å². The maximum atomic E-state index is 2.08. The lowest BCUT2D eigenvalue weighted by Crippen LogP contribution is -3.02. The first-order valence-corrected chi connectivity index (χ1v) is 6.00. The fourth-order valence-electron chi connectivity index (χ4n) is 0. The molecule has 0 fully saturated rings. The van der Waals surface area contributed by atoms with Crippen LogP contribution in [0.3, 0.4) is 0 Å². The van der Waals surface area contributed by atoms with Gasteiger partial charge in [0.05, 0.1) is 84.6 Å². The van der Waals surface area contributed by atoms with Crippen LogP contribution in [0, 0.1) is 0 Å². The van der Waals surface area contributed by atoms with Gasteiger partial charge in [-0.1, -0.05) is 0 Å². The minimum atomic E-state index is 0. The van der Waals surface area contributed by atoms with Crippen molar-refractivity contribution in [3.05, 3.63) is 0 Å². The van der Waals surface area contributed by atoms with Gasteiger partial charge in [-0.05, 0) is 0 Å². The number of rotatable bonds is 0. The molecule has 0 spiro atoms. The van der Waals surface area contributed by atoms with Gasteiger partial charge in [0, 0.05) is 0 Å². The smallest absolute Gasteiger partial charge is 0.0661 e. The van der Waals surface area contributed by atoms with E-state index in [1.807, 2.05) is 0 Å². The van der Waals surface area contributed by atoms with E-state index in [9.17, 15) is 0 Å². The van der Waals surface area contributed by atoms with E-state index >= 15 is 0 Å². The number of hydrogen-bond donors (Lipinski definition) is 4. The number of nitrogens with one attached hydrogen (secondary N) is 4. The molecule has 0 heterocycles. The lowest BCUT2D eigenvalue weighted by atomic mass is 11.0. The standard InChI is InChI=1S/4C3H9N.4ClH/c4*1-4(2)3;;;;/h4*1-3H3;4*1H. The fraction of sp³-hybridized carbons (Fsp3) is 1.00. The van der Waals surface area contributed by atoms with Crippen molar-refractivity contribution in [3.8, 4) is 0 Å². The van der Waals surface area contributed by atoms with E-state index in [0.717, 1.165) is 0 Å². The molecule has 0 rings (SSSR count). The highest BCUT2D eigenvalue weighted by Crippen LogP contribution is 0.876. The summed E-state index contributed by atoms with van der Waals surface area (Å²) in [6, 6.07) is 0. The normalized spacial score (nSPS) is 7.20. The van der Waals surface area contributed by atoms with Gasteiger partial charge in [-0.3, -0.25) is 0 Å². The summed E-state index contributed by atoms with van der Waals surface area (Å²) in [5.74, 6) is 0. The van der Waals surface area contributed by atoms with Crippen LogP contribution in [0.25, 0.3) is 0 Å². The average Bonchev–Trinajstić information content (AvgIpc) is 1.76. The van der Waals surface area contributed by atoms with Gasteiger partial charge in [-0.15, -0.1) is 0 Å². The molecular weight excluding hydrogens is 342 g/mol. The Labute approximate surface area is 153 Å². The summed E-state index contributed by atoms with van der Waals surface area (Å²) < 4.78 is 0. The maximum Gasteiger partial charge on any atom is 0.0661 e. The molecule has 0 unspecified atom stereocenters. The summed E-state index contributed by atoms with van der Waals surface area (Å²) in [4.78, 5) is 5.67. The van der Waals surface area contributed by atoms with Gasteiger partial charge in [0.25, 0.3) is 0 Å². The van der Waals surface area contributed by atoms with Crippen molar-refractivity contribution >= 4 is 0 Å². The van der Waals surface area contributed by atoms with Crippen LogP contribution in [0.2, 0.25) is 0 Å². The average molecular weight is 382 g/mol. The van der Waals surface area contributed by atoms with E-state index in [2.05, 4.69) is 84.6 Å². The van der Waals surface area contributed by atoms with Crippen LogP contribution in [-0.2, 0) is 0 Å². The summed E-state index contributed by atoms with van der Waals surface area (Å²) in [5.41, 5.74) is 0. The molecule has 4 nitrogen and oxygen atoms in total. The van der Waals surface area contributed by atoms with Crippen molar-refractivity contribution in [2.75, 3.05) is 84.6 Å². The van der Waals surface area contributed by atoms with Crippen molar-refractivity contribution in [2.24, 2.45) is 0 Å². The third-order valence-corrected chi connectivity index (χ3v) is 0. The summed E-state index contributed by atoms with van der Waals surface area (Å²) in [6.45, 7) is 0. The molecular formula is C12H40Cl4N4. The SMILES string of the molecule is C[NH+](C)C.C[NH+](C)C.C[NH+](C)C.C[NH+](C)C.[Cl-].[Cl-].[Cl-].[Cl-]. The molecule has 0 atom stereocenters. The molecule has 0 aromatic carbocycles. The monoisotopic (exact) mass is 380 g/mol. The third kappa shape index (κ3) is 6160. The van der Waals surface area contributed by atoms with Crippen molar-refractivity contribution in [3.63, 3.8) is 0 Å². The number of hydrogen-bond acceptors (Lipinski definition) is 0. The lowest BCUT2D eigenvalue weighted by molar-refractivity contribution is -0.836. The van der Waals surface area contributed by atoms with Crippen molar-refractivity contribution in [1.82, 2.24) is 0 Å². The second-order valence-electron chi connectivity index (χ2n) is 6.00. The fourth-order valence-corrected chi connectivity index (χ4v) is 0. The van der Waals surface area contributed by atoms with E-state index in [-0.39, 0.29) is 49.6 Å². The predicted octanol–water partition coefficient (Wildman–Crippen LogP) is -16.9. The minimum absolute atomic E-state index is 0. The Morgan fingerprint density at radius 2 is 0.250 bits per heavy atom. The van der Waals surface area contributed by atoms with Crippen molar-refractivity contribution in [1.29, 1.82) is 0 Å². The Hall–Kier alpha value is 1.00. The van der Waals surface area contributed by atoms with Gasteiger partial charge in [0.2, 0.25) is 0 Å². The molecule has 136 valence electrons. The van der Waals surface area contributed by atoms with E-state index in [1.54, 1.807) is 0 Å². The van der Waals surface area contributed by atoms with Crippen LogP contribution in [0.5, 0.6) is 0 Å². The van der Waals surface area contributed by atoms with Gasteiger partial charge in [-0.2, -0.15) is 0 Å². The Kier molecular flexibility index (Phi) is 106. The molecule has 0 saturated heterocycles. The van der Waals surface area contributed by atoms with Crippen LogP contribution in [0.4, 0.5) is 0 Å². The van der Waals surface area contributed by atoms with E-state index in [1.165, 1.54) is 19.6 Å². The summed E-state index contributed by atoms with van der Waals surface area (Å²) >= 11 is 0. The minimum Gasteiger partial charge on any atom is -1.00 e. The Bertz CT molecular complexity index is 70.4. The topological polar surface area (TPSA) is 17.8 Å². The van der Waals surface area contributed by atoms with Gasteiger partial charge in [0.15, 0.2) is 0 Å². The zero-order chi connectivity index (χ0) is 14.3. The second kappa shape index (κ2) is 42.7. The molecule has 0 amide bonds. The first-order chi connectivity index (χ1) is 6.93. The van der Waals surface area contributed by atoms with Crippen LogP contribution in [0.15, 0.2) is 0 Å². The first kappa shape index (κ1) is 49.7. The first-order valence-electron chi connectivity index (χ1n) is 6.00. The molecule has 0 aromatic heterocycles. The quantitative estimate of drug-likeness (QED) is 0.319. The summed E-state index contributed by atoms with van der Waals surface area (Å²) in [5, 5.41) is 0. The number of quaternary nitrogens is 4. The maximum absolute atomic E-state index is 2.08. The van der Waals surface area contributed by atoms with Gasteiger partial charge < -0.3 is 69.2 Å². The second-order valence-corrected chi connectivity index (χ2v) is 6.00. The Morgan fingerprint density at radius 3 is 0.250 bits per heavy atom. The number of halogens is 4. The summed E-state index contributed by atoms with van der Waals surface area (Å²) in [7, 11) is 25.0. The summed E-state index contributed by atoms with van der Waals surface area (Å²) in [6.07, 6.45) is 0. The molecule has 0 radical (unpaired) electrons. The third-order valence-electron chi connectivity index (χ3n) is 0. The highest BCUT2D eigenvalue weighted by atomic mass is 35.5. The molecule has 0 aliphatic rings. The van der Waals surface area contributed by atoms with Crippen LogP contribution < -0.4 is 69.2 Å². The highest BCUT2D eigenvalue weighted by Gasteiger charge is 1.62. The van der Waals surface area contributed by atoms with Crippen LogP contribution >= 0.6 is 0 Å². The molecule has 0 aromatic rings. The predicted molar refractivity (Wildman–Crippen MR) is 74.9 cm³/mol. The zero-order valence-electron chi connectivity index (χ0n) is 15.5. The van der Waals surface area contributed by atoms with E-state index in [4.69, 9.17) is 0 Å². The Morgan fingerprint density at radius 1 is 0.250 bits per heavy atom. The molecule has 20 heavy (non-hydrogen) atoms. The van der Waals surface area contributed by atoms with Gasteiger partial charge in [0.1, 0.15) is 0 Å². The van der Waals surface area contributed by atoms with Crippen LogP contribution in [-0.4, -0.2) is 84.6 Å². The largest absolute Gasteiger partial charge is 1.00 e. The van der Waals surface area contributed by atoms with Crippen molar-refractivity contribution in [2.45, 2.75) is 0 Å². The molecule has 0 aliphatic heterocycles. The zero-order valence-corrected chi connectivity index (χ0v) is 18.5. The molecule has 0 saturated carbocycles. The Balaban J connectivity index is -0.0000000150. The van der Waals surface area contributed by atoms with E-state index in [0.29, 0.717) is 0 Å². The van der Waals surface area contributed by atoms with Crippen molar-refractivity contribution < 1.29 is 69.2 Å². The van der Waals surface area contributed by atoms with Gasteiger partial charge >= 0.3 is 0 Å². The van der Waals surface area contributed by atoms with E-state index < -0.39 is 0 Å².